The molecule has 31 heavy (non-hydrogen) atoms. The lowest BCUT2D eigenvalue weighted by molar-refractivity contribution is 1.24. The Hall–Kier alpha value is -3.82. The second-order valence-electron chi connectivity index (χ2n) is 7.45. The molecule has 4 aromatic carbocycles. The van der Waals surface area contributed by atoms with Crippen molar-refractivity contribution in [3.8, 4) is 33.8 Å². The van der Waals surface area contributed by atoms with Crippen molar-refractivity contribution in [1.29, 1.82) is 0 Å². The van der Waals surface area contributed by atoms with Gasteiger partial charge in [-0.1, -0.05) is 103 Å². The summed E-state index contributed by atoms with van der Waals surface area (Å²) in [5.74, 6) is 0.761. The van der Waals surface area contributed by atoms with Crippen LogP contribution in [0.5, 0.6) is 0 Å². The molecular weight excluding hydrogens is 396 g/mol. The minimum Gasteiger partial charge on any atom is -0.227 e. The number of benzene rings is 4. The molecule has 0 saturated carbocycles. The lowest BCUT2D eigenvalue weighted by Crippen LogP contribution is -1.95. The minimum absolute atomic E-state index is 0.761. The Morgan fingerprint density at radius 2 is 1.13 bits per heavy atom. The molecule has 0 unspecified atom stereocenters. The Morgan fingerprint density at radius 1 is 0.516 bits per heavy atom. The van der Waals surface area contributed by atoms with E-state index < -0.39 is 0 Å². The van der Waals surface area contributed by atoms with Gasteiger partial charge in [-0.05, 0) is 17.2 Å². The summed E-state index contributed by atoms with van der Waals surface area (Å²) in [5, 5.41) is 2.34. The van der Waals surface area contributed by atoms with Gasteiger partial charge in [0.25, 0.3) is 0 Å². The predicted octanol–water partition coefficient (Wildman–Crippen LogP) is 7.85. The average molecular weight is 415 g/mol. The van der Waals surface area contributed by atoms with Gasteiger partial charge in [0, 0.05) is 26.6 Å². The first kappa shape index (κ1) is 18.0. The SMILES string of the molecule is c1ccc(-c2ccccc2-c2nc(-c3ccccc3)c3c(n2)sc2ccccc23)cc1. The summed E-state index contributed by atoms with van der Waals surface area (Å²) in [6.45, 7) is 0. The summed E-state index contributed by atoms with van der Waals surface area (Å²) in [7, 11) is 0. The lowest BCUT2D eigenvalue weighted by Gasteiger charge is -2.11. The third-order valence-corrected chi connectivity index (χ3v) is 6.60. The maximum absolute atomic E-state index is 5.15. The van der Waals surface area contributed by atoms with Gasteiger partial charge >= 0.3 is 0 Å². The van der Waals surface area contributed by atoms with Gasteiger partial charge in [-0.15, -0.1) is 11.3 Å². The molecule has 0 spiro atoms. The molecule has 2 heterocycles. The first-order chi connectivity index (χ1) is 15.4. The highest BCUT2D eigenvalue weighted by atomic mass is 32.1. The van der Waals surface area contributed by atoms with Crippen LogP contribution in [0.2, 0.25) is 0 Å². The van der Waals surface area contributed by atoms with Gasteiger partial charge in [-0.2, -0.15) is 0 Å². The smallest absolute Gasteiger partial charge is 0.162 e. The van der Waals surface area contributed by atoms with Crippen LogP contribution in [0.1, 0.15) is 0 Å². The number of aromatic nitrogens is 2. The Morgan fingerprint density at radius 3 is 1.90 bits per heavy atom. The van der Waals surface area contributed by atoms with Gasteiger partial charge in [0.15, 0.2) is 5.82 Å². The van der Waals surface area contributed by atoms with E-state index in [1.807, 2.05) is 12.1 Å². The van der Waals surface area contributed by atoms with E-state index in [4.69, 9.17) is 9.97 Å². The molecule has 0 aliphatic rings. The van der Waals surface area contributed by atoms with E-state index in [1.165, 1.54) is 15.6 Å². The van der Waals surface area contributed by atoms with Gasteiger partial charge in [-0.3, -0.25) is 0 Å². The zero-order chi connectivity index (χ0) is 20.6. The molecule has 0 aliphatic heterocycles. The zero-order valence-electron chi connectivity index (χ0n) is 16.7. The van der Waals surface area contributed by atoms with Gasteiger partial charge in [0.2, 0.25) is 0 Å². The summed E-state index contributed by atoms with van der Waals surface area (Å²) in [4.78, 5) is 11.2. The molecule has 0 bridgehead atoms. The quantitative estimate of drug-likeness (QED) is 0.295. The third-order valence-electron chi connectivity index (χ3n) is 5.54. The second-order valence-corrected chi connectivity index (χ2v) is 8.48. The summed E-state index contributed by atoms with van der Waals surface area (Å²) >= 11 is 1.73. The molecule has 2 nitrogen and oxygen atoms in total. The third kappa shape index (κ3) is 3.11. The topological polar surface area (TPSA) is 25.8 Å². The van der Waals surface area contributed by atoms with E-state index in [0.717, 1.165) is 38.4 Å². The average Bonchev–Trinajstić information content (AvgIpc) is 3.23. The van der Waals surface area contributed by atoms with Crippen molar-refractivity contribution in [2.45, 2.75) is 0 Å². The molecule has 2 aromatic heterocycles. The Balaban J connectivity index is 1.68. The molecule has 0 radical (unpaired) electrons. The number of hydrogen-bond donors (Lipinski definition) is 0. The van der Waals surface area contributed by atoms with E-state index in [2.05, 4.69) is 97.1 Å². The Kier molecular flexibility index (Phi) is 4.33. The highest BCUT2D eigenvalue weighted by molar-refractivity contribution is 7.25. The van der Waals surface area contributed by atoms with Gasteiger partial charge in [0.05, 0.1) is 5.69 Å². The van der Waals surface area contributed by atoms with Crippen LogP contribution in [-0.4, -0.2) is 9.97 Å². The molecule has 0 amide bonds. The van der Waals surface area contributed by atoms with E-state index in [9.17, 15) is 0 Å². The van der Waals surface area contributed by atoms with Crippen molar-refractivity contribution in [3.05, 3.63) is 109 Å². The largest absolute Gasteiger partial charge is 0.227 e. The molecule has 0 saturated heterocycles. The second kappa shape index (κ2) is 7.46. The Bertz CT molecular complexity index is 1520. The minimum atomic E-state index is 0.761. The summed E-state index contributed by atoms with van der Waals surface area (Å²) in [6.07, 6.45) is 0. The van der Waals surface area contributed by atoms with Crippen LogP contribution in [0, 0.1) is 0 Å². The Labute approximate surface area is 184 Å². The molecule has 146 valence electrons. The molecule has 3 heteroatoms. The molecule has 0 N–H and O–H groups in total. The van der Waals surface area contributed by atoms with E-state index >= 15 is 0 Å². The number of rotatable bonds is 3. The van der Waals surface area contributed by atoms with Crippen LogP contribution >= 0.6 is 11.3 Å². The van der Waals surface area contributed by atoms with Crippen molar-refractivity contribution in [2.75, 3.05) is 0 Å². The van der Waals surface area contributed by atoms with Crippen molar-refractivity contribution in [3.63, 3.8) is 0 Å². The standard InChI is InChI=1S/C28H18N2S/c1-3-11-19(12-4-1)21-15-7-8-16-22(21)27-29-26(20-13-5-2-6-14-20)25-23-17-9-10-18-24(23)31-28(25)30-27/h1-18H. The van der Waals surface area contributed by atoms with Gasteiger partial charge in [0.1, 0.15) is 4.83 Å². The fourth-order valence-electron chi connectivity index (χ4n) is 4.10. The summed E-state index contributed by atoms with van der Waals surface area (Å²) < 4.78 is 1.23. The number of nitrogens with zero attached hydrogens (tertiary/aromatic N) is 2. The fourth-order valence-corrected chi connectivity index (χ4v) is 5.17. The number of thiophene rings is 1. The van der Waals surface area contributed by atoms with Crippen LogP contribution in [0.4, 0.5) is 0 Å². The normalized spacial score (nSPS) is 11.2. The fraction of sp³-hybridized carbons (Fsp3) is 0. The monoisotopic (exact) mass is 414 g/mol. The molecular formula is C28H18N2S. The van der Waals surface area contributed by atoms with E-state index in [-0.39, 0.29) is 0 Å². The molecule has 6 rings (SSSR count). The van der Waals surface area contributed by atoms with Gasteiger partial charge < -0.3 is 0 Å². The highest BCUT2D eigenvalue weighted by Crippen LogP contribution is 2.40. The highest BCUT2D eigenvalue weighted by Gasteiger charge is 2.18. The first-order valence-electron chi connectivity index (χ1n) is 10.3. The maximum Gasteiger partial charge on any atom is 0.162 e. The van der Waals surface area contributed by atoms with Crippen molar-refractivity contribution >= 4 is 31.6 Å². The predicted molar refractivity (Wildman–Crippen MR) is 131 cm³/mol. The molecule has 0 fully saturated rings. The number of hydrogen-bond acceptors (Lipinski definition) is 3. The van der Waals surface area contributed by atoms with Crippen LogP contribution in [0.3, 0.4) is 0 Å². The summed E-state index contributed by atoms with van der Waals surface area (Å²) in [5.41, 5.74) is 5.45. The van der Waals surface area contributed by atoms with Crippen molar-refractivity contribution < 1.29 is 0 Å². The lowest BCUT2D eigenvalue weighted by atomic mass is 9.99. The number of fused-ring (bicyclic) bond motifs is 3. The van der Waals surface area contributed by atoms with Gasteiger partial charge in [-0.25, -0.2) is 9.97 Å². The van der Waals surface area contributed by atoms with Crippen LogP contribution < -0.4 is 0 Å². The first-order valence-corrected chi connectivity index (χ1v) is 11.1. The maximum atomic E-state index is 5.15. The van der Waals surface area contributed by atoms with Crippen molar-refractivity contribution in [2.24, 2.45) is 0 Å². The molecule has 6 aromatic rings. The zero-order valence-corrected chi connectivity index (χ0v) is 17.5. The molecule has 0 aliphatic carbocycles. The van der Waals surface area contributed by atoms with Crippen LogP contribution in [0.25, 0.3) is 54.1 Å². The van der Waals surface area contributed by atoms with E-state index in [0.29, 0.717) is 0 Å². The van der Waals surface area contributed by atoms with Crippen molar-refractivity contribution in [1.82, 2.24) is 9.97 Å². The van der Waals surface area contributed by atoms with Crippen LogP contribution in [-0.2, 0) is 0 Å². The molecule has 0 atom stereocenters. The van der Waals surface area contributed by atoms with Crippen LogP contribution in [0.15, 0.2) is 109 Å². The summed E-state index contributed by atoms with van der Waals surface area (Å²) in [6, 6.07) is 37.8. The van der Waals surface area contributed by atoms with E-state index in [1.54, 1.807) is 11.3 Å².